The number of nitrogens with one attached hydrogen (secondary N) is 2. The molecule has 4 aromatic rings. The Hall–Kier alpha value is -3.59. The van der Waals surface area contributed by atoms with Crippen molar-refractivity contribution in [3.63, 3.8) is 0 Å². The van der Waals surface area contributed by atoms with Gasteiger partial charge in [0.2, 0.25) is 5.91 Å². The molecule has 0 saturated carbocycles. The Bertz CT molecular complexity index is 1260. The van der Waals surface area contributed by atoms with Crippen molar-refractivity contribution < 1.29 is 18.7 Å². The molecule has 170 valence electrons. The molecule has 2 aromatic carbocycles. The minimum atomic E-state index is -0.290. The molecule has 0 radical (unpaired) electrons. The molecule has 0 bridgehead atoms. The Labute approximate surface area is 194 Å². The molecule has 0 aliphatic heterocycles. The zero-order valence-electron chi connectivity index (χ0n) is 18.2. The first-order valence-corrected chi connectivity index (χ1v) is 11.3. The van der Waals surface area contributed by atoms with Crippen molar-refractivity contribution in [3.05, 3.63) is 66.4 Å². The Kier molecular flexibility index (Phi) is 7.09. The number of halogens is 1. The van der Waals surface area contributed by atoms with Crippen LogP contribution in [0, 0.1) is 5.82 Å². The number of thioether (sulfide) groups is 1. The third-order valence-electron chi connectivity index (χ3n) is 5.11. The van der Waals surface area contributed by atoms with Crippen LogP contribution in [0.4, 0.5) is 4.39 Å². The normalized spacial score (nSPS) is 10.9. The van der Waals surface area contributed by atoms with Gasteiger partial charge in [-0.2, -0.15) is 0 Å². The van der Waals surface area contributed by atoms with Gasteiger partial charge in [0.15, 0.2) is 11.5 Å². The number of methoxy groups -OCH3 is 2. The monoisotopic (exact) mass is 466 g/mol. The number of carbonyl (C=O) groups is 1. The molecule has 2 aromatic heterocycles. The fraction of sp³-hybridized carbons (Fsp3) is 0.208. The van der Waals surface area contributed by atoms with Crippen LogP contribution in [-0.2, 0) is 11.2 Å². The molecule has 33 heavy (non-hydrogen) atoms. The van der Waals surface area contributed by atoms with Crippen LogP contribution in [-0.4, -0.2) is 47.4 Å². The van der Waals surface area contributed by atoms with Crippen LogP contribution in [0.15, 0.2) is 60.0 Å². The van der Waals surface area contributed by atoms with Crippen LogP contribution in [0.2, 0.25) is 0 Å². The first-order valence-electron chi connectivity index (χ1n) is 10.3. The van der Waals surface area contributed by atoms with Gasteiger partial charge < -0.3 is 19.8 Å². The average molecular weight is 467 g/mol. The number of hydrogen-bond donors (Lipinski definition) is 2. The van der Waals surface area contributed by atoms with Gasteiger partial charge in [0.05, 0.1) is 25.5 Å². The summed E-state index contributed by atoms with van der Waals surface area (Å²) < 4.78 is 23.8. The van der Waals surface area contributed by atoms with Crippen LogP contribution in [0.5, 0.6) is 11.5 Å². The number of aromatic amines is 1. The lowest BCUT2D eigenvalue weighted by molar-refractivity contribution is -0.118. The lowest BCUT2D eigenvalue weighted by atomic mass is 10.1. The molecule has 2 heterocycles. The van der Waals surface area contributed by atoms with Crippen LogP contribution in [0.25, 0.3) is 22.2 Å². The minimum absolute atomic E-state index is 0.0856. The molecule has 0 aliphatic carbocycles. The van der Waals surface area contributed by atoms with Crippen molar-refractivity contribution in [1.82, 2.24) is 20.3 Å². The van der Waals surface area contributed by atoms with Crippen LogP contribution in [0.3, 0.4) is 0 Å². The van der Waals surface area contributed by atoms with Crippen molar-refractivity contribution in [3.8, 4) is 22.6 Å². The first kappa shape index (κ1) is 22.6. The van der Waals surface area contributed by atoms with Crippen molar-refractivity contribution in [2.75, 3.05) is 26.5 Å². The van der Waals surface area contributed by atoms with Crippen LogP contribution in [0.1, 0.15) is 5.56 Å². The van der Waals surface area contributed by atoms with Crippen molar-refractivity contribution in [1.29, 1.82) is 0 Å². The van der Waals surface area contributed by atoms with Gasteiger partial charge >= 0.3 is 0 Å². The topological polar surface area (TPSA) is 89.1 Å². The number of aromatic nitrogens is 3. The summed E-state index contributed by atoms with van der Waals surface area (Å²) >= 11 is 1.34. The van der Waals surface area contributed by atoms with E-state index in [1.807, 2.05) is 24.4 Å². The van der Waals surface area contributed by atoms with Crippen molar-refractivity contribution >= 4 is 28.7 Å². The van der Waals surface area contributed by atoms with E-state index >= 15 is 0 Å². The van der Waals surface area contributed by atoms with E-state index in [9.17, 15) is 9.18 Å². The standard InChI is InChI=1S/C24H23FN4O3S/c1-31-19-8-3-15(11-20(19)32-2)9-10-26-21(30)13-33-24-23-22(28-14-29-24)18(12-27-23)16-4-6-17(25)7-5-16/h3-8,11-12,14,27H,9-10,13H2,1-2H3,(H,26,30). The van der Waals surface area contributed by atoms with Crippen LogP contribution < -0.4 is 14.8 Å². The highest BCUT2D eigenvalue weighted by Crippen LogP contribution is 2.31. The van der Waals surface area contributed by atoms with E-state index in [1.165, 1.54) is 30.2 Å². The highest BCUT2D eigenvalue weighted by molar-refractivity contribution is 8.00. The second kappa shape index (κ2) is 10.4. The zero-order valence-corrected chi connectivity index (χ0v) is 19.0. The van der Waals surface area contributed by atoms with Gasteiger partial charge in [-0.1, -0.05) is 30.0 Å². The number of rotatable bonds is 9. The third-order valence-corrected chi connectivity index (χ3v) is 6.10. The lowest BCUT2D eigenvalue weighted by Gasteiger charge is -2.10. The molecule has 2 N–H and O–H groups in total. The fourth-order valence-electron chi connectivity index (χ4n) is 3.44. The van der Waals surface area contributed by atoms with Crippen molar-refractivity contribution in [2.24, 2.45) is 0 Å². The van der Waals surface area contributed by atoms with E-state index in [2.05, 4.69) is 20.3 Å². The van der Waals surface area contributed by atoms with Gasteiger partial charge in [-0.3, -0.25) is 4.79 Å². The third kappa shape index (κ3) is 5.25. The summed E-state index contributed by atoms with van der Waals surface area (Å²) in [6, 6.07) is 11.9. The first-order chi connectivity index (χ1) is 16.1. The van der Waals surface area contributed by atoms with Gasteiger partial charge in [0.25, 0.3) is 0 Å². The maximum Gasteiger partial charge on any atom is 0.230 e. The Balaban J connectivity index is 1.35. The van der Waals surface area contributed by atoms with Gasteiger partial charge in [0, 0.05) is 18.3 Å². The molecule has 7 nitrogen and oxygen atoms in total. The minimum Gasteiger partial charge on any atom is -0.493 e. The molecule has 0 atom stereocenters. The molecule has 4 rings (SSSR count). The second-order valence-electron chi connectivity index (χ2n) is 7.19. The number of hydrogen-bond acceptors (Lipinski definition) is 6. The van der Waals surface area contributed by atoms with E-state index in [0.29, 0.717) is 29.5 Å². The van der Waals surface area contributed by atoms with E-state index in [0.717, 1.165) is 27.7 Å². The summed E-state index contributed by atoms with van der Waals surface area (Å²) in [5.74, 6) is 1.18. The maximum absolute atomic E-state index is 13.2. The average Bonchev–Trinajstić information content (AvgIpc) is 3.28. The molecule has 0 aliphatic rings. The van der Waals surface area contributed by atoms with Crippen molar-refractivity contribution in [2.45, 2.75) is 11.4 Å². The second-order valence-corrected chi connectivity index (χ2v) is 8.15. The highest BCUT2D eigenvalue weighted by atomic mass is 32.2. The van der Waals surface area contributed by atoms with Gasteiger partial charge in [0.1, 0.15) is 22.7 Å². The molecular formula is C24H23FN4O3S. The SMILES string of the molecule is COc1ccc(CCNC(=O)CSc2ncnc3c(-c4ccc(F)cc4)c[nH]c23)cc1OC. The van der Waals surface area contributed by atoms with E-state index < -0.39 is 0 Å². The summed E-state index contributed by atoms with van der Waals surface area (Å²) in [7, 11) is 3.19. The molecule has 9 heteroatoms. The van der Waals surface area contributed by atoms with E-state index in [4.69, 9.17) is 9.47 Å². The van der Waals surface area contributed by atoms with E-state index in [-0.39, 0.29) is 17.5 Å². The van der Waals surface area contributed by atoms with Crippen LogP contribution >= 0.6 is 11.8 Å². The maximum atomic E-state index is 13.2. The molecule has 0 unspecified atom stereocenters. The number of benzene rings is 2. The summed E-state index contributed by atoms with van der Waals surface area (Å²) in [6.45, 7) is 0.505. The zero-order chi connectivity index (χ0) is 23.2. The van der Waals surface area contributed by atoms with Gasteiger partial charge in [-0.25, -0.2) is 14.4 Å². The summed E-state index contributed by atoms with van der Waals surface area (Å²) in [6.07, 6.45) is 3.96. The molecular weight excluding hydrogens is 443 g/mol. The Morgan fingerprint density at radius 3 is 2.64 bits per heavy atom. The summed E-state index contributed by atoms with van der Waals surface area (Å²) in [4.78, 5) is 24.2. The number of nitrogens with zero attached hydrogens (tertiary/aromatic N) is 2. The number of H-pyrrole nitrogens is 1. The number of ether oxygens (including phenoxy) is 2. The van der Waals surface area contributed by atoms with Gasteiger partial charge in [-0.05, 0) is 41.8 Å². The summed E-state index contributed by atoms with van der Waals surface area (Å²) in [5.41, 5.74) is 4.23. The molecule has 0 saturated heterocycles. The largest absolute Gasteiger partial charge is 0.493 e. The predicted octanol–water partition coefficient (Wildman–Crippen LogP) is 4.23. The molecule has 1 amide bonds. The Morgan fingerprint density at radius 2 is 1.88 bits per heavy atom. The molecule has 0 spiro atoms. The predicted molar refractivity (Wildman–Crippen MR) is 126 cm³/mol. The van der Waals surface area contributed by atoms with E-state index in [1.54, 1.807) is 26.4 Å². The highest BCUT2D eigenvalue weighted by Gasteiger charge is 2.14. The fourth-order valence-corrected chi connectivity index (χ4v) is 4.23. The molecule has 0 fully saturated rings. The quantitative estimate of drug-likeness (QED) is 0.283. The number of fused-ring (bicyclic) bond motifs is 1. The smallest absolute Gasteiger partial charge is 0.230 e. The summed E-state index contributed by atoms with van der Waals surface area (Å²) in [5, 5.41) is 3.61. The number of amides is 1. The Morgan fingerprint density at radius 1 is 1.09 bits per heavy atom. The lowest BCUT2D eigenvalue weighted by Crippen LogP contribution is -2.27. The van der Waals surface area contributed by atoms with Gasteiger partial charge in [-0.15, -0.1) is 0 Å². The number of carbonyl (C=O) groups excluding carboxylic acids is 1.